The molecule has 1 amide bonds. The number of hydrogen-bond acceptors (Lipinski definition) is 9. The summed E-state index contributed by atoms with van der Waals surface area (Å²) in [5.41, 5.74) is 5.48. The van der Waals surface area contributed by atoms with E-state index in [4.69, 9.17) is 10.5 Å². The van der Waals surface area contributed by atoms with Crippen LogP contribution < -0.4 is 11.1 Å². The van der Waals surface area contributed by atoms with Gasteiger partial charge in [-0.15, -0.1) is 0 Å². The van der Waals surface area contributed by atoms with Crippen LogP contribution in [0, 0.1) is 17.8 Å². The smallest absolute Gasteiger partial charge is 0.252 e. The van der Waals surface area contributed by atoms with Crippen LogP contribution in [0.2, 0.25) is 0 Å². The molecule has 2 aromatic rings. The Hall–Kier alpha value is -2.78. The maximum Gasteiger partial charge on any atom is 0.252 e. The molecule has 2 aliphatic carbocycles. The molecule has 0 spiro atoms. The van der Waals surface area contributed by atoms with E-state index in [0.29, 0.717) is 6.42 Å². The number of nitrogens with zero attached hydrogens (tertiary/aromatic N) is 4. The van der Waals surface area contributed by atoms with E-state index in [1.807, 2.05) is 6.92 Å². The van der Waals surface area contributed by atoms with Gasteiger partial charge in [-0.3, -0.25) is 9.36 Å². The van der Waals surface area contributed by atoms with Crippen LogP contribution in [0.1, 0.15) is 57.5 Å². The number of rotatable bonds is 3. The van der Waals surface area contributed by atoms with Crippen LogP contribution in [0.25, 0.3) is 11.2 Å². The molecule has 11 nitrogen and oxygen atoms in total. The van der Waals surface area contributed by atoms with Crippen LogP contribution in [0.15, 0.2) is 6.33 Å². The second-order valence-corrected chi connectivity index (χ2v) is 9.29. The predicted molar refractivity (Wildman–Crippen MR) is 116 cm³/mol. The van der Waals surface area contributed by atoms with E-state index in [1.165, 1.54) is 10.9 Å². The van der Waals surface area contributed by atoms with E-state index in [-0.39, 0.29) is 34.8 Å². The van der Waals surface area contributed by atoms with Crippen molar-refractivity contribution in [2.24, 2.45) is 5.92 Å². The van der Waals surface area contributed by atoms with Crippen molar-refractivity contribution in [3.63, 3.8) is 0 Å². The molecule has 0 aromatic carbocycles. The number of anilines is 1. The monoisotopic (exact) mass is 456 g/mol. The molecule has 176 valence electrons. The van der Waals surface area contributed by atoms with Crippen molar-refractivity contribution >= 4 is 22.9 Å². The first-order valence-corrected chi connectivity index (χ1v) is 11.3. The fourth-order valence-electron chi connectivity index (χ4n) is 4.48. The summed E-state index contributed by atoms with van der Waals surface area (Å²) in [5.74, 6) is 5.52. The lowest BCUT2D eigenvalue weighted by Gasteiger charge is -2.33. The number of imidazole rings is 1. The van der Waals surface area contributed by atoms with Gasteiger partial charge < -0.3 is 31.1 Å². The average Bonchev–Trinajstić information content (AvgIpc) is 3.42. The lowest BCUT2D eigenvalue weighted by atomic mass is 9.77. The molecule has 3 heterocycles. The Bertz CT molecular complexity index is 1140. The number of fused-ring (bicyclic) bond motifs is 1. The number of amides is 1. The Morgan fingerprint density at radius 2 is 2.06 bits per heavy atom. The number of nitrogens with one attached hydrogen (secondary N) is 1. The zero-order chi connectivity index (χ0) is 23.3. The number of nitrogens with two attached hydrogens (primary N) is 1. The topological polar surface area (TPSA) is 169 Å². The van der Waals surface area contributed by atoms with Gasteiger partial charge in [0.1, 0.15) is 23.3 Å². The van der Waals surface area contributed by atoms with Crippen molar-refractivity contribution < 1.29 is 24.9 Å². The molecule has 2 aromatic heterocycles. The molecule has 6 atom stereocenters. The van der Waals surface area contributed by atoms with E-state index in [2.05, 4.69) is 32.1 Å². The first-order valence-electron chi connectivity index (χ1n) is 11.3. The van der Waals surface area contributed by atoms with Gasteiger partial charge in [0, 0.05) is 6.04 Å². The number of ether oxygens (including phenoxy) is 1. The van der Waals surface area contributed by atoms with Gasteiger partial charge in [-0.05, 0) is 43.9 Å². The highest BCUT2D eigenvalue weighted by Gasteiger charge is 2.48. The van der Waals surface area contributed by atoms with Crippen LogP contribution in [0.3, 0.4) is 0 Å². The number of carbonyl (C=O) groups excluding carboxylic acids is 1. The molecule has 2 saturated carbocycles. The zero-order valence-electron chi connectivity index (χ0n) is 18.3. The van der Waals surface area contributed by atoms with Crippen molar-refractivity contribution in [1.82, 2.24) is 24.8 Å². The summed E-state index contributed by atoms with van der Waals surface area (Å²) in [6.45, 7) is 1.97. The Balaban J connectivity index is 1.45. The van der Waals surface area contributed by atoms with Gasteiger partial charge in [-0.25, -0.2) is 15.0 Å². The number of aliphatic hydroxyl groups excluding tert-OH is 2. The Kier molecular flexibility index (Phi) is 5.49. The van der Waals surface area contributed by atoms with Crippen molar-refractivity contribution in [3.05, 3.63) is 12.2 Å². The van der Waals surface area contributed by atoms with Crippen LogP contribution in [-0.2, 0) is 9.53 Å². The number of carbonyl (C=O) groups is 1. The van der Waals surface area contributed by atoms with Crippen LogP contribution >= 0.6 is 0 Å². The molecule has 11 heteroatoms. The minimum absolute atomic E-state index is 0.0348. The predicted octanol–water partition coefficient (Wildman–Crippen LogP) is -0.401. The summed E-state index contributed by atoms with van der Waals surface area (Å²) in [5, 5.41) is 34.7. The van der Waals surface area contributed by atoms with E-state index in [1.54, 1.807) is 0 Å². The Morgan fingerprint density at radius 3 is 2.79 bits per heavy atom. The van der Waals surface area contributed by atoms with Gasteiger partial charge in [0.05, 0.1) is 6.33 Å². The van der Waals surface area contributed by atoms with Crippen LogP contribution in [0.5, 0.6) is 0 Å². The third kappa shape index (κ3) is 4.04. The lowest BCUT2D eigenvalue weighted by molar-refractivity contribution is -0.137. The van der Waals surface area contributed by atoms with E-state index >= 15 is 0 Å². The molecule has 33 heavy (non-hydrogen) atoms. The van der Waals surface area contributed by atoms with Crippen molar-refractivity contribution in [3.8, 4) is 11.8 Å². The van der Waals surface area contributed by atoms with E-state index in [0.717, 1.165) is 32.1 Å². The van der Waals surface area contributed by atoms with Crippen molar-refractivity contribution in [2.75, 3.05) is 5.73 Å². The molecular formula is C22H28N6O5. The fourth-order valence-corrected chi connectivity index (χ4v) is 4.48. The Morgan fingerprint density at radius 1 is 1.27 bits per heavy atom. The van der Waals surface area contributed by atoms with Gasteiger partial charge in [0.15, 0.2) is 23.8 Å². The standard InChI is InChI=1S/C22H28N6O5/c1-11-4-2-3-8-22(11,32)9-7-13-26-18(23)14-19(27-13)28(10-24-14)21-16(30)15(29)17(33-21)20(31)25-12-5-6-12/h10-12,15-17,21,29-30,32H,2-6,8H2,1H3,(H,25,31)(H2,23,26,27)/t11?,15-,16+,17+,21?,22?/m1/s1. The van der Waals surface area contributed by atoms with Gasteiger partial charge in [-0.1, -0.05) is 19.3 Å². The first kappa shape index (κ1) is 22.0. The van der Waals surface area contributed by atoms with Crippen molar-refractivity contribution in [2.45, 2.75) is 81.6 Å². The summed E-state index contributed by atoms with van der Waals surface area (Å²) in [6.07, 6.45) is 1.48. The lowest BCUT2D eigenvalue weighted by Crippen LogP contribution is -2.43. The third-order valence-electron chi connectivity index (χ3n) is 6.79. The highest BCUT2D eigenvalue weighted by Crippen LogP contribution is 2.34. The van der Waals surface area contributed by atoms with E-state index < -0.39 is 36.0 Å². The van der Waals surface area contributed by atoms with Gasteiger partial charge in [-0.2, -0.15) is 0 Å². The third-order valence-corrected chi connectivity index (χ3v) is 6.79. The number of aromatic nitrogens is 4. The van der Waals surface area contributed by atoms with Gasteiger partial charge in [0.2, 0.25) is 5.82 Å². The normalized spacial score (nSPS) is 34.1. The number of hydrogen-bond donors (Lipinski definition) is 5. The first-order chi connectivity index (χ1) is 15.8. The summed E-state index contributed by atoms with van der Waals surface area (Å²) >= 11 is 0. The summed E-state index contributed by atoms with van der Waals surface area (Å²) in [6, 6.07) is 0.0916. The average molecular weight is 457 g/mol. The number of aliphatic hydroxyl groups is 3. The second-order valence-electron chi connectivity index (χ2n) is 9.29. The quantitative estimate of drug-likeness (QED) is 0.386. The molecule has 3 unspecified atom stereocenters. The number of nitrogen functional groups attached to an aromatic ring is 1. The molecule has 5 rings (SSSR count). The maximum atomic E-state index is 12.4. The second kappa shape index (κ2) is 8.22. The van der Waals surface area contributed by atoms with Gasteiger partial charge in [0.25, 0.3) is 5.91 Å². The zero-order valence-corrected chi connectivity index (χ0v) is 18.3. The summed E-state index contributed by atoms with van der Waals surface area (Å²) < 4.78 is 7.14. The highest BCUT2D eigenvalue weighted by molar-refractivity contribution is 5.83. The maximum absolute atomic E-state index is 12.4. The molecule has 0 radical (unpaired) electrons. The molecule has 3 fully saturated rings. The van der Waals surface area contributed by atoms with Gasteiger partial charge >= 0.3 is 0 Å². The molecular weight excluding hydrogens is 428 g/mol. The van der Waals surface area contributed by atoms with Crippen LogP contribution in [0.4, 0.5) is 5.82 Å². The fraction of sp³-hybridized carbons (Fsp3) is 0.636. The van der Waals surface area contributed by atoms with E-state index in [9.17, 15) is 20.1 Å². The molecule has 1 aliphatic heterocycles. The molecule has 0 bridgehead atoms. The SMILES string of the molecule is CC1CCCCC1(O)C#Cc1nc(N)c2ncn(C3O[C@H](C(=O)NC4CC4)[C@H](O)[C@@H]3O)c2n1. The van der Waals surface area contributed by atoms with Crippen LogP contribution in [-0.4, -0.2) is 70.7 Å². The summed E-state index contributed by atoms with van der Waals surface area (Å²) in [7, 11) is 0. The molecule has 3 aliphatic rings. The highest BCUT2D eigenvalue weighted by atomic mass is 16.6. The minimum atomic E-state index is -1.41. The molecule has 1 saturated heterocycles. The largest absolute Gasteiger partial charge is 0.387 e. The minimum Gasteiger partial charge on any atom is -0.387 e. The molecule has 6 N–H and O–H groups in total. The Labute approximate surface area is 190 Å². The van der Waals surface area contributed by atoms with Crippen molar-refractivity contribution in [1.29, 1.82) is 0 Å². The summed E-state index contributed by atoms with van der Waals surface area (Å²) in [4.78, 5) is 25.2.